The van der Waals surface area contributed by atoms with E-state index in [-0.39, 0.29) is 40.4 Å². The molecule has 7 heteroatoms. The molecule has 0 radical (unpaired) electrons. The maximum absolute atomic E-state index is 13.3. The number of hydrogen-bond acceptors (Lipinski definition) is 5. The smallest absolute Gasteiger partial charge is 0.294 e. The van der Waals surface area contributed by atoms with Crippen molar-refractivity contribution >= 4 is 28.9 Å². The predicted octanol–water partition coefficient (Wildman–Crippen LogP) is 7.89. The third-order valence-corrected chi connectivity index (χ3v) is 10.6. The highest BCUT2D eigenvalue weighted by molar-refractivity contribution is 6.22. The fraction of sp³-hybridized carbons (Fsp3) is 0.444. The lowest BCUT2D eigenvalue weighted by Crippen LogP contribution is -2.51. The molecule has 4 atom stereocenters. The highest BCUT2D eigenvalue weighted by Crippen LogP contribution is 2.57. The number of benzene rings is 3. The van der Waals surface area contributed by atoms with Crippen LogP contribution in [-0.4, -0.2) is 23.3 Å². The SMILES string of the molecule is CC(C)c1ccc2c(c1)CC[C@@H]1[C@](C)(CNc3ccc(N4C(=O)C[C@@H](c5ccccc5)C4=O)cc3[N+](=O)[O-])CCC[C@@]21C. The molecule has 3 aliphatic rings. The lowest BCUT2D eigenvalue weighted by molar-refractivity contribution is -0.383. The molecule has 0 aromatic heterocycles. The molecule has 7 nitrogen and oxygen atoms in total. The summed E-state index contributed by atoms with van der Waals surface area (Å²) in [5, 5.41) is 15.7. The van der Waals surface area contributed by atoms with Crippen molar-refractivity contribution in [2.24, 2.45) is 11.3 Å². The molecule has 1 aliphatic heterocycles. The van der Waals surface area contributed by atoms with Crippen molar-refractivity contribution in [2.75, 3.05) is 16.8 Å². The molecule has 2 fully saturated rings. The number of carbonyl (C=O) groups excluding carboxylic acids is 2. The highest BCUT2D eigenvalue weighted by Gasteiger charge is 2.51. The zero-order chi connectivity index (χ0) is 30.5. The van der Waals surface area contributed by atoms with E-state index in [0.717, 1.165) is 42.6 Å². The fourth-order valence-electron chi connectivity index (χ4n) is 8.32. The lowest BCUT2D eigenvalue weighted by Gasteiger charge is -2.55. The first kappa shape index (κ1) is 29.1. The van der Waals surface area contributed by atoms with Gasteiger partial charge in [0.15, 0.2) is 0 Å². The van der Waals surface area contributed by atoms with Crippen molar-refractivity contribution in [3.05, 3.63) is 99.1 Å². The van der Waals surface area contributed by atoms with Gasteiger partial charge in [0, 0.05) is 19.0 Å². The summed E-state index contributed by atoms with van der Waals surface area (Å²) < 4.78 is 0. The van der Waals surface area contributed by atoms with Crippen molar-refractivity contribution in [2.45, 2.75) is 83.5 Å². The minimum absolute atomic E-state index is 0.0439. The van der Waals surface area contributed by atoms with E-state index in [0.29, 0.717) is 24.1 Å². The molecule has 2 amide bonds. The number of imide groups is 1. The van der Waals surface area contributed by atoms with Crippen molar-refractivity contribution in [1.82, 2.24) is 0 Å². The summed E-state index contributed by atoms with van der Waals surface area (Å²) in [6, 6.07) is 20.9. The third kappa shape index (κ3) is 5.02. The van der Waals surface area contributed by atoms with Gasteiger partial charge in [-0.3, -0.25) is 19.7 Å². The number of amides is 2. The van der Waals surface area contributed by atoms with Crippen LogP contribution in [0, 0.1) is 21.4 Å². The Morgan fingerprint density at radius 2 is 1.79 bits per heavy atom. The van der Waals surface area contributed by atoms with E-state index in [4.69, 9.17) is 0 Å². The number of nitrogens with zero attached hydrogens (tertiary/aromatic N) is 2. The Hall–Kier alpha value is -4.00. The standard InChI is InChI=1S/C36H41N3O4/c1-23(2)25-11-14-29-26(19-25)12-16-32-35(3,17-8-18-36(29,32)4)22-37-30-15-13-27(20-31(30)39(42)43)38-33(40)21-28(34(38)41)24-9-6-5-7-10-24/h5-7,9-11,13-15,19-20,23,28,32,37H,8,12,16-18,21-22H2,1-4H3/t28-,32+,35-,36-/m0/s1. The molecule has 1 N–H and O–H groups in total. The molecule has 43 heavy (non-hydrogen) atoms. The molecule has 224 valence electrons. The Bertz CT molecular complexity index is 1580. The first-order valence-corrected chi connectivity index (χ1v) is 15.6. The van der Waals surface area contributed by atoms with Gasteiger partial charge < -0.3 is 5.32 Å². The molecular weight excluding hydrogens is 538 g/mol. The Labute approximate surface area is 253 Å². The summed E-state index contributed by atoms with van der Waals surface area (Å²) in [6.45, 7) is 9.86. The maximum Gasteiger partial charge on any atom is 0.294 e. The largest absolute Gasteiger partial charge is 0.379 e. The number of anilines is 2. The van der Waals surface area contributed by atoms with Gasteiger partial charge in [0.05, 0.1) is 16.5 Å². The van der Waals surface area contributed by atoms with Crippen LogP contribution in [0.15, 0.2) is 66.7 Å². The number of carbonyl (C=O) groups is 2. The summed E-state index contributed by atoms with van der Waals surface area (Å²) in [7, 11) is 0. The van der Waals surface area contributed by atoms with Crippen LogP contribution in [0.1, 0.15) is 93.9 Å². The topological polar surface area (TPSA) is 92.6 Å². The molecular formula is C36H41N3O4. The van der Waals surface area contributed by atoms with Gasteiger partial charge in [-0.2, -0.15) is 0 Å². The minimum Gasteiger partial charge on any atom is -0.379 e. The van der Waals surface area contributed by atoms with Gasteiger partial charge in [-0.25, -0.2) is 4.90 Å². The van der Waals surface area contributed by atoms with Crippen LogP contribution in [0.2, 0.25) is 0 Å². The molecule has 0 unspecified atom stereocenters. The summed E-state index contributed by atoms with van der Waals surface area (Å²) in [6.07, 6.45) is 5.53. The Morgan fingerprint density at radius 3 is 2.51 bits per heavy atom. The van der Waals surface area contributed by atoms with Crippen LogP contribution in [0.25, 0.3) is 0 Å². The summed E-state index contributed by atoms with van der Waals surface area (Å²) >= 11 is 0. The van der Waals surface area contributed by atoms with Crippen molar-refractivity contribution in [3.8, 4) is 0 Å². The van der Waals surface area contributed by atoms with Crippen LogP contribution < -0.4 is 10.2 Å². The van der Waals surface area contributed by atoms with Gasteiger partial charge in [-0.15, -0.1) is 0 Å². The second-order valence-electron chi connectivity index (χ2n) is 13.6. The Kier molecular flexibility index (Phi) is 7.39. The maximum atomic E-state index is 13.3. The predicted molar refractivity (Wildman–Crippen MR) is 170 cm³/mol. The van der Waals surface area contributed by atoms with E-state index in [1.807, 2.05) is 30.3 Å². The molecule has 1 saturated heterocycles. The number of hydrogen-bond donors (Lipinski definition) is 1. The first-order chi connectivity index (χ1) is 20.5. The number of rotatable bonds is 7. The van der Waals surface area contributed by atoms with Gasteiger partial charge in [0.25, 0.3) is 5.69 Å². The molecule has 6 rings (SSSR count). The normalized spacial score (nSPS) is 26.8. The number of nitro groups is 1. The second kappa shape index (κ2) is 10.9. The van der Waals surface area contributed by atoms with Crippen LogP contribution in [0.3, 0.4) is 0 Å². The van der Waals surface area contributed by atoms with Gasteiger partial charge in [0.2, 0.25) is 11.8 Å². The number of nitrogens with one attached hydrogen (secondary N) is 1. The van der Waals surface area contributed by atoms with Gasteiger partial charge in [0.1, 0.15) is 5.69 Å². The van der Waals surface area contributed by atoms with Crippen molar-refractivity contribution in [3.63, 3.8) is 0 Å². The number of fused-ring (bicyclic) bond motifs is 3. The Balaban J connectivity index is 1.24. The van der Waals surface area contributed by atoms with Crippen LogP contribution >= 0.6 is 0 Å². The quantitative estimate of drug-likeness (QED) is 0.175. The van der Waals surface area contributed by atoms with Crippen molar-refractivity contribution < 1.29 is 14.5 Å². The van der Waals surface area contributed by atoms with Gasteiger partial charge >= 0.3 is 0 Å². The molecule has 1 saturated carbocycles. The molecule has 3 aromatic rings. The zero-order valence-electron chi connectivity index (χ0n) is 25.6. The monoisotopic (exact) mass is 579 g/mol. The van der Waals surface area contributed by atoms with E-state index >= 15 is 0 Å². The number of aryl methyl sites for hydroxylation is 1. The molecule has 2 aliphatic carbocycles. The summed E-state index contributed by atoms with van der Waals surface area (Å²) in [5.74, 6) is -0.319. The number of nitro benzene ring substituents is 1. The second-order valence-corrected chi connectivity index (χ2v) is 13.6. The average molecular weight is 580 g/mol. The first-order valence-electron chi connectivity index (χ1n) is 15.6. The zero-order valence-corrected chi connectivity index (χ0v) is 25.6. The summed E-state index contributed by atoms with van der Waals surface area (Å²) in [4.78, 5) is 39.1. The molecule has 0 spiro atoms. The lowest BCUT2D eigenvalue weighted by atomic mass is 9.49. The van der Waals surface area contributed by atoms with Gasteiger partial charge in [-0.1, -0.05) is 82.6 Å². The molecule has 0 bridgehead atoms. The van der Waals surface area contributed by atoms with E-state index in [2.05, 4.69) is 51.2 Å². The van der Waals surface area contributed by atoms with Crippen LogP contribution in [-0.2, 0) is 21.4 Å². The van der Waals surface area contributed by atoms with Crippen molar-refractivity contribution in [1.29, 1.82) is 0 Å². The highest BCUT2D eigenvalue weighted by atomic mass is 16.6. The van der Waals surface area contributed by atoms with E-state index in [1.54, 1.807) is 12.1 Å². The minimum atomic E-state index is -0.580. The fourth-order valence-corrected chi connectivity index (χ4v) is 8.32. The van der Waals surface area contributed by atoms with Crippen LogP contribution in [0.4, 0.5) is 17.1 Å². The third-order valence-electron chi connectivity index (χ3n) is 10.6. The average Bonchev–Trinajstić information content (AvgIpc) is 3.29. The van der Waals surface area contributed by atoms with E-state index < -0.39 is 10.8 Å². The summed E-state index contributed by atoms with van der Waals surface area (Å²) in [5.41, 5.74) is 5.68. The molecule has 3 aromatic carbocycles. The molecule has 1 heterocycles. The van der Waals surface area contributed by atoms with E-state index in [1.165, 1.54) is 22.8 Å². The van der Waals surface area contributed by atoms with E-state index in [9.17, 15) is 19.7 Å². The Morgan fingerprint density at radius 1 is 1.02 bits per heavy atom. The van der Waals surface area contributed by atoms with Gasteiger partial charge in [-0.05, 0) is 82.7 Å². The van der Waals surface area contributed by atoms with Crippen LogP contribution in [0.5, 0.6) is 0 Å².